The molecule has 0 aromatic rings. The quantitative estimate of drug-likeness (QED) is 0.562. The largest absolute Gasteiger partial charge is 0.298 e. The van der Waals surface area contributed by atoms with Gasteiger partial charge in [-0.05, 0) is 25.8 Å². The maximum atomic E-state index is 11.1. The van der Waals surface area contributed by atoms with Crippen LogP contribution in [0.1, 0.15) is 20.3 Å². The molecule has 0 unspecified atom stereocenters. The first-order valence-corrected chi connectivity index (χ1v) is 5.93. The molecule has 0 aliphatic heterocycles. The highest BCUT2D eigenvalue weighted by Gasteiger charge is 2.47. The van der Waals surface area contributed by atoms with Crippen molar-refractivity contribution in [2.75, 3.05) is 0 Å². The van der Waals surface area contributed by atoms with Gasteiger partial charge in [-0.1, -0.05) is 30.4 Å². The number of rotatable bonds is 3. The molecule has 18 heavy (non-hydrogen) atoms. The van der Waals surface area contributed by atoms with E-state index in [0.29, 0.717) is 12.0 Å². The Morgan fingerprint density at radius 3 is 2.33 bits per heavy atom. The number of carbonyl (C=O) groups excluding carboxylic acids is 1. The highest BCUT2D eigenvalue weighted by atomic mass is 16.1. The summed E-state index contributed by atoms with van der Waals surface area (Å²) in [5.41, 5.74) is -0.666. The fraction of sp³-hybridized carbons (Fsp3) is 0.400. The summed E-state index contributed by atoms with van der Waals surface area (Å²) in [6.45, 7) is 3.68. The monoisotopic (exact) mass is 240 g/mol. The van der Waals surface area contributed by atoms with Gasteiger partial charge in [0.2, 0.25) is 0 Å². The van der Waals surface area contributed by atoms with Crippen molar-refractivity contribution in [3.05, 3.63) is 36.0 Å². The smallest absolute Gasteiger partial charge is 0.160 e. The second-order valence-electron chi connectivity index (χ2n) is 4.29. The molecule has 3 nitrogen and oxygen atoms in total. The van der Waals surface area contributed by atoms with Gasteiger partial charge in [-0.2, -0.15) is 10.5 Å². The molecule has 0 amide bonds. The van der Waals surface area contributed by atoms with Crippen LogP contribution in [-0.2, 0) is 4.79 Å². The first kappa shape index (κ1) is 13.9. The van der Waals surface area contributed by atoms with Crippen molar-refractivity contribution in [1.29, 1.82) is 10.5 Å². The van der Waals surface area contributed by atoms with E-state index >= 15 is 0 Å². The highest BCUT2D eigenvalue weighted by Crippen LogP contribution is 2.45. The van der Waals surface area contributed by atoms with Gasteiger partial charge in [-0.25, -0.2) is 0 Å². The van der Waals surface area contributed by atoms with Crippen LogP contribution >= 0.6 is 0 Å². The van der Waals surface area contributed by atoms with Gasteiger partial charge in [-0.3, -0.25) is 4.79 Å². The summed E-state index contributed by atoms with van der Waals surface area (Å²) in [4.78, 5) is 11.1. The van der Waals surface area contributed by atoms with Crippen LogP contribution < -0.4 is 0 Å². The maximum absolute atomic E-state index is 11.1. The van der Waals surface area contributed by atoms with E-state index < -0.39 is 11.3 Å². The lowest BCUT2D eigenvalue weighted by atomic mass is 9.61. The van der Waals surface area contributed by atoms with Gasteiger partial charge in [0.05, 0.1) is 12.1 Å². The van der Waals surface area contributed by atoms with Crippen molar-refractivity contribution in [2.45, 2.75) is 20.3 Å². The molecule has 0 radical (unpaired) electrons. The first-order valence-electron chi connectivity index (χ1n) is 5.93. The zero-order valence-corrected chi connectivity index (χ0v) is 10.6. The third-order valence-electron chi connectivity index (χ3n) is 3.36. The Labute approximate surface area is 108 Å². The normalized spacial score (nSPS) is 26.6. The SMILES string of the molecule is C/C=C/[C@@H]1C(C=O)=CC[C@H](/C=C/C)C1(C#N)C#N. The Hall–Kier alpha value is -2.13. The summed E-state index contributed by atoms with van der Waals surface area (Å²) in [7, 11) is 0. The highest BCUT2D eigenvalue weighted by molar-refractivity contribution is 5.76. The van der Waals surface area contributed by atoms with Crippen LogP contribution in [0, 0.1) is 39.9 Å². The average Bonchev–Trinajstić information content (AvgIpc) is 2.40. The molecule has 1 aliphatic carbocycles. The third kappa shape index (κ3) is 2.13. The molecule has 1 aliphatic rings. The third-order valence-corrected chi connectivity index (χ3v) is 3.36. The lowest BCUT2D eigenvalue weighted by Gasteiger charge is -2.36. The number of nitriles is 2. The van der Waals surface area contributed by atoms with Gasteiger partial charge in [0, 0.05) is 11.8 Å². The number of aldehydes is 1. The van der Waals surface area contributed by atoms with Crippen LogP contribution in [0.4, 0.5) is 0 Å². The van der Waals surface area contributed by atoms with E-state index in [4.69, 9.17) is 0 Å². The number of nitrogens with zero attached hydrogens (tertiary/aromatic N) is 2. The summed E-state index contributed by atoms with van der Waals surface area (Å²) in [5.74, 6) is -0.632. The van der Waals surface area contributed by atoms with E-state index in [1.807, 2.05) is 32.1 Å². The lowest BCUT2D eigenvalue weighted by Crippen LogP contribution is -2.38. The van der Waals surface area contributed by atoms with Gasteiger partial charge in [-0.15, -0.1) is 0 Å². The maximum Gasteiger partial charge on any atom is 0.160 e. The summed E-state index contributed by atoms with van der Waals surface area (Å²) >= 11 is 0. The van der Waals surface area contributed by atoms with Crippen LogP contribution in [0.5, 0.6) is 0 Å². The average molecular weight is 240 g/mol. The van der Waals surface area contributed by atoms with E-state index in [0.717, 1.165) is 6.29 Å². The van der Waals surface area contributed by atoms with Gasteiger partial charge >= 0.3 is 0 Å². The Bertz CT molecular complexity index is 472. The molecule has 0 aromatic carbocycles. The minimum Gasteiger partial charge on any atom is -0.298 e. The topological polar surface area (TPSA) is 64.7 Å². The Morgan fingerprint density at radius 2 is 1.89 bits per heavy atom. The summed E-state index contributed by atoms with van der Waals surface area (Å²) in [5, 5.41) is 18.9. The Balaban J connectivity index is 3.42. The Morgan fingerprint density at radius 1 is 1.28 bits per heavy atom. The van der Waals surface area contributed by atoms with Crippen LogP contribution in [-0.4, -0.2) is 6.29 Å². The fourth-order valence-corrected chi connectivity index (χ4v) is 2.44. The van der Waals surface area contributed by atoms with E-state index in [2.05, 4.69) is 12.1 Å². The minimum absolute atomic E-state index is 0.178. The van der Waals surface area contributed by atoms with E-state index in [9.17, 15) is 15.3 Å². The second-order valence-corrected chi connectivity index (χ2v) is 4.29. The summed E-state index contributed by atoms with van der Waals surface area (Å²) in [6, 6.07) is 4.28. The van der Waals surface area contributed by atoms with Crippen LogP contribution in [0.15, 0.2) is 36.0 Å². The minimum atomic E-state index is -1.19. The lowest BCUT2D eigenvalue weighted by molar-refractivity contribution is -0.105. The predicted octanol–water partition coefficient (Wildman–Crippen LogP) is 2.93. The summed E-state index contributed by atoms with van der Waals surface area (Å²) < 4.78 is 0. The molecule has 0 N–H and O–H groups in total. The van der Waals surface area contributed by atoms with Crippen molar-refractivity contribution in [3.63, 3.8) is 0 Å². The fourth-order valence-electron chi connectivity index (χ4n) is 2.44. The van der Waals surface area contributed by atoms with Crippen molar-refractivity contribution in [2.24, 2.45) is 17.3 Å². The number of allylic oxidation sites excluding steroid dienone is 6. The molecule has 92 valence electrons. The second kappa shape index (κ2) is 5.98. The first-order chi connectivity index (χ1) is 8.69. The van der Waals surface area contributed by atoms with Crippen molar-refractivity contribution in [3.8, 4) is 12.1 Å². The van der Waals surface area contributed by atoms with E-state index in [-0.39, 0.29) is 5.92 Å². The molecule has 0 heterocycles. The van der Waals surface area contributed by atoms with Crippen LogP contribution in [0.2, 0.25) is 0 Å². The molecule has 3 heteroatoms. The van der Waals surface area contributed by atoms with Gasteiger partial charge in [0.25, 0.3) is 0 Å². The molecular weight excluding hydrogens is 224 g/mol. The summed E-state index contributed by atoms with van der Waals surface area (Å²) in [6.07, 6.45) is 10.4. The Kier molecular flexibility index (Phi) is 4.63. The van der Waals surface area contributed by atoms with Crippen LogP contribution in [0.25, 0.3) is 0 Å². The molecule has 2 atom stereocenters. The van der Waals surface area contributed by atoms with Crippen molar-refractivity contribution >= 4 is 6.29 Å². The number of hydrogen-bond acceptors (Lipinski definition) is 3. The molecule has 0 fully saturated rings. The molecule has 0 bridgehead atoms. The molecule has 0 saturated heterocycles. The zero-order chi connectivity index (χ0) is 13.6. The molecule has 0 saturated carbocycles. The zero-order valence-electron chi connectivity index (χ0n) is 10.6. The van der Waals surface area contributed by atoms with E-state index in [1.54, 1.807) is 12.2 Å². The number of carbonyl (C=O) groups is 1. The predicted molar refractivity (Wildman–Crippen MR) is 69.0 cm³/mol. The van der Waals surface area contributed by atoms with Crippen molar-refractivity contribution < 1.29 is 4.79 Å². The molecule has 0 spiro atoms. The van der Waals surface area contributed by atoms with E-state index in [1.165, 1.54) is 0 Å². The van der Waals surface area contributed by atoms with Gasteiger partial charge < -0.3 is 0 Å². The number of hydrogen-bond donors (Lipinski definition) is 0. The van der Waals surface area contributed by atoms with Crippen molar-refractivity contribution in [1.82, 2.24) is 0 Å². The van der Waals surface area contributed by atoms with Gasteiger partial charge in [0.15, 0.2) is 5.41 Å². The standard InChI is InChI=1S/C15H16N2O/c1-3-5-13-8-7-12(9-18)14(6-4-2)15(13,10-16)11-17/h3-7,9,13-14H,8H2,1-2H3/b5-3+,6-4+/t13-,14+/m0/s1. The molecule has 1 rings (SSSR count). The molecular formula is C15H16N2O. The molecule has 0 aromatic heterocycles. The van der Waals surface area contributed by atoms with Crippen LogP contribution in [0.3, 0.4) is 0 Å². The van der Waals surface area contributed by atoms with Gasteiger partial charge in [0.1, 0.15) is 6.29 Å².